The Morgan fingerprint density at radius 3 is 2.83 bits per heavy atom. The number of fused-ring (bicyclic) bond motifs is 1. The largest absolute Gasteiger partial charge is 0.489 e. The molecule has 1 amide bonds. The topological polar surface area (TPSA) is 56.1 Å². The third-order valence-corrected chi connectivity index (χ3v) is 3.68. The molecule has 24 heavy (non-hydrogen) atoms. The molecule has 0 fully saturated rings. The minimum atomic E-state index is -0.0786. The van der Waals surface area contributed by atoms with Crippen LogP contribution in [0.15, 0.2) is 48.8 Å². The molecule has 0 saturated heterocycles. The van der Waals surface area contributed by atoms with Crippen molar-refractivity contribution in [2.75, 3.05) is 5.32 Å². The number of imidazole rings is 1. The Bertz CT molecular complexity index is 868. The van der Waals surface area contributed by atoms with Crippen molar-refractivity contribution < 1.29 is 9.53 Å². The summed E-state index contributed by atoms with van der Waals surface area (Å²) in [5.74, 6) is 0.603. The van der Waals surface area contributed by atoms with Gasteiger partial charge >= 0.3 is 0 Å². The summed E-state index contributed by atoms with van der Waals surface area (Å²) in [5.41, 5.74) is 3.57. The number of anilines is 1. The van der Waals surface area contributed by atoms with Crippen LogP contribution in [0.1, 0.15) is 19.4 Å². The van der Waals surface area contributed by atoms with Crippen molar-refractivity contribution >= 4 is 22.6 Å². The molecular formula is C19H21N3O2. The van der Waals surface area contributed by atoms with Gasteiger partial charge in [0.2, 0.25) is 5.91 Å². The van der Waals surface area contributed by atoms with Gasteiger partial charge < -0.3 is 14.6 Å². The van der Waals surface area contributed by atoms with Crippen LogP contribution in [0.3, 0.4) is 0 Å². The molecule has 3 aromatic rings. The van der Waals surface area contributed by atoms with Crippen molar-refractivity contribution in [2.24, 2.45) is 7.05 Å². The van der Waals surface area contributed by atoms with Crippen molar-refractivity contribution in [1.82, 2.24) is 9.55 Å². The van der Waals surface area contributed by atoms with E-state index in [2.05, 4.69) is 10.3 Å². The first-order chi connectivity index (χ1) is 11.5. The standard InChI is InChI=1S/C19H21N3O2/c1-13(2)24-18-7-5-4-6-15(18)21-19(23)11-14-8-9-17-16(10-14)20-12-22(17)3/h4-10,12-13H,11H2,1-3H3,(H,21,23). The number of nitrogens with zero attached hydrogens (tertiary/aromatic N) is 2. The van der Waals surface area contributed by atoms with Crippen molar-refractivity contribution in [3.8, 4) is 5.75 Å². The monoisotopic (exact) mass is 323 g/mol. The Labute approximate surface area is 141 Å². The molecule has 2 aromatic carbocycles. The highest BCUT2D eigenvalue weighted by Crippen LogP contribution is 2.25. The Morgan fingerprint density at radius 2 is 2.04 bits per heavy atom. The number of ether oxygens (including phenoxy) is 1. The van der Waals surface area contributed by atoms with Gasteiger partial charge in [-0.15, -0.1) is 0 Å². The van der Waals surface area contributed by atoms with Gasteiger partial charge in [0.25, 0.3) is 0 Å². The second-order valence-electron chi connectivity index (χ2n) is 6.07. The zero-order valence-electron chi connectivity index (χ0n) is 14.1. The third kappa shape index (κ3) is 3.56. The first kappa shape index (κ1) is 16.1. The smallest absolute Gasteiger partial charge is 0.228 e. The predicted molar refractivity (Wildman–Crippen MR) is 95.3 cm³/mol. The molecule has 0 aliphatic rings. The number of aryl methyl sites for hydroxylation is 1. The highest BCUT2D eigenvalue weighted by atomic mass is 16.5. The van der Waals surface area contributed by atoms with E-state index in [1.54, 1.807) is 6.33 Å². The predicted octanol–water partition coefficient (Wildman–Crippen LogP) is 3.54. The van der Waals surface area contributed by atoms with E-state index < -0.39 is 0 Å². The van der Waals surface area contributed by atoms with Crippen molar-refractivity contribution in [3.05, 3.63) is 54.4 Å². The summed E-state index contributed by atoms with van der Waals surface area (Å²) in [6.07, 6.45) is 2.12. The summed E-state index contributed by atoms with van der Waals surface area (Å²) in [5, 5.41) is 2.93. The van der Waals surface area contributed by atoms with Crippen LogP contribution in [0.2, 0.25) is 0 Å². The normalized spacial score (nSPS) is 11.0. The van der Waals surface area contributed by atoms with Crippen LogP contribution in [0.4, 0.5) is 5.69 Å². The fraction of sp³-hybridized carbons (Fsp3) is 0.263. The van der Waals surface area contributed by atoms with Crippen LogP contribution in [0.5, 0.6) is 5.75 Å². The van der Waals surface area contributed by atoms with Crippen LogP contribution in [-0.4, -0.2) is 21.6 Å². The van der Waals surface area contributed by atoms with Crippen LogP contribution >= 0.6 is 0 Å². The molecular weight excluding hydrogens is 302 g/mol. The minimum absolute atomic E-state index is 0.0506. The van der Waals surface area contributed by atoms with Crippen LogP contribution < -0.4 is 10.1 Å². The zero-order chi connectivity index (χ0) is 17.1. The number of benzene rings is 2. The number of carbonyl (C=O) groups is 1. The van der Waals surface area contributed by atoms with Gasteiger partial charge in [0.1, 0.15) is 5.75 Å². The van der Waals surface area contributed by atoms with Gasteiger partial charge in [0.15, 0.2) is 0 Å². The Balaban J connectivity index is 1.73. The van der Waals surface area contributed by atoms with Gasteiger partial charge in [-0.25, -0.2) is 4.98 Å². The Morgan fingerprint density at radius 1 is 1.25 bits per heavy atom. The lowest BCUT2D eigenvalue weighted by Gasteiger charge is -2.14. The molecule has 124 valence electrons. The van der Waals surface area contributed by atoms with Gasteiger partial charge in [-0.05, 0) is 43.7 Å². The molecule has 0 radical (unpaired) electrons. The first-order valence-electron chi connectivity index (χ1n) is 7.98. The third-order valence-electron chi connectivity index (χ3n) is 3.68. The highest BCUT2D eigenvalue weighted by Gasteiger charge is 2.10. The molecule has 0 unspecified atom stereocenters. The van der Waals surface area contributed by atoms with E-state index in [9.17, 15) is 4.79 Å². The lowest BCUT2D eigenvalue weighted by molar-refractivity contribution is -0.115. The number of hydrogen-bond donors (Lipinski definition) is 1. The average molecular weight is 323 g/mol. The van der Waals surface area contributed by atoms with Crippen LogP contribution in [-0.2, 0) is 18.3 Å². The van der Waals surface area contributed by atoms with E-state index in [0.29, 0.717) is 17.9 Å². The van der Waals surface area contributed by atoms with E-state index in [-0.39, 0.29) is 12.0 Å². The molecule has 3 rings (SSSR count). The maximum absolute atomic E-state index is 12.4. The maximum atomic E-state index is 12.4. The van der Waals surface area contributed by atoms with E-state index in [1.165, 1.54) is 0 Å². The second-order valence-corrected chi connectivity index (χ2v) is 6.07. The fourth-order valence-corrected chi connectivity index (χ4v) is 2.60. The SMILES string of the molecule is CC(C)Oc1ccccc1NC(=O)Cc1ccc2c(c1)ncn2C. The van der Waals surface area contributed by atoms with Crippen molar-refractivity contribution in [2.45, 2.75) is 26.4 Å². The molecule has 0 aliphatic carbocycles. The maximum Gasteiger partial charge on any atom is 0.228 e. The number of carbonyl (C=O) groups excluding carboxylic acids is 1. The molecule has 0 aliphatic heterocycles. The number of nitrogens with one attached hydrogen (secondary N) is 1. The molecule has 1 aromatic heterocycles. The zero-order valence-corrected chi connectivity index (χ0v) is 14.1. The van der Waals surface area contributed by atoms with Crippen LogP contribution in [0, 0.1) is 0 Å². The molecule has 0 spiro atoms. The van der Waals surface area contributed by atoms with E-state index in [0.717, 1.165) is 16.6 Å². The summed E-state index contributed by atoms with van der Waals surface area (Å²) in [7, 11) is 1.95. The minimum Gasteiger partial charge on any atom is -0.489 e. The quantitative estimate of drug-likeness (QED) is 0.781. The highest BCUT2D eigenvalue weighted by molar-refractivity contribution is 5.94. The van der Waals surface area contributed by atoms with Gasteiger partial charge in [-0.2, -0.15) is 0 Å². The molecule has 1 N–H and O–H groups in total. The molecule has 5 heteroatoms. The molecule has 0 atom stereocenters. The van der Waals surface area contributed by atoms with Crippen molar-refractivity contribution in [3.63, 3.8) is 0 Å². The number of aromatic nitrogens is 2. The molecule has 1 heterocycles. The number of amides is 1. The Kier molecular flexibility index (Phi) is 4.51. The van der Waals surface area contributed by atoms with Crippen LogP contribution in [0.25, 0.3) is 11.0 Å². The lowest BCUT2D eigenvalue weighted by atomic mass is 10.1. The van der Waals surface area contributed by atoms with Gasteiger partial charge in [0, 0.05) is 7.05 Å². The summed E-state index contributed by atoms with van der Waals surface area (Å²) >= 11 is 0. The summed E-state index contributed by atoms with van der Waals surface area (Å²) in [6, 6.07) is 13.4. The van der Waals surface area contributed by atoms with E-state index in [4.69, 9.17) is 4.74 Å². The fourth-order valence-electron chi connectivity index (χ4n) is 2.60. The number of hydrogen-bond acceptors (Lipinski definition) is 3. The second kappa shape index (κ2) is 6.74. The van der Waals surface area contributed by atoms with Gasteiger partial charge in [0.05, 0.1) is 35.6 Å². The average Bonchev–Trinajstić information content (AvgIpc) is 2.89. The summed E-state index contributed by atoms with van der Waals surface area (Å²) in [6.45, 7) is 3.92. The Hall–Kier alpha value is -2.82. The van der Waals surface area contributed by atoms with E-state index in [1.807, 2.05) is 67.9 Å². The van der Waals surface area contributed by atoms with Gasteiger partial charge in [-0.3, -0.25) is 4.79 Å². The lowest BCUT2D eigenvalue weighted by Crippen LogP contribution is -2.16. The molecule has 0 bridgehead atoms. The molecule has 5 nitrogen and oxygen atoms in total. The molecule has 0 saturated carbocycles. The first-order valence-corrected chi connectivity index (χ1v) is 7.98. The van der Waals surface area contributed by atoms with E-state index >= 15 is 0 Å². The summed E-state index contributed by atoms with van der Waals surface area (Å²) in [4.78, 5) is 16.7. The number of para-hydroxylation sites is 2. The number of rotatable bonds is 5. The summed E-state index contributed by atoms with van der Waals surface area (Å²) < 4.78 is 7.69. The van der Waals surface area contributed by atoms with Crippen molar-refractivity contribution in [1.29, 1.82) is 0 Å². The van der Waals surface area contributed by atoms with Gasteiger partial charge in [-0.1, -0.05) is 18.2 Å².